The van der Waals surface area contributed by atoms with Crippen molar-refractivity contribution < 1.29 is 17.9 Å². The maximum absolute atomic E-state index is 12.8. The van der Waals surface area contributed by atoms with Gasteiger partial charge in [-0.25, -0.2) is 8.42 Å². The minimum Gasteiger partial charge on any atom is -0.496 e. The molecule has 9 heteroatoms. The Bertz CT molecular complexity index is 953. The van der Waals surface area contributed by atoms with Crippen LogP contribution in [0.3, 0.4) is 0 Å². The Morgan fingerprint density at radius 3 is 2.30 bits per heavy atom. The molecule has 0 radical (unpaired) electrons. The van der Waals surface area contributed by atoms with E-state index in [1.54, 1.807) is 18.2 Å². The topological polar surface area (TPSA) is 75.7 Å². The van der Waals surface area contributed by atoms with E-state index in [1.165, 1.54) is 29.6 Å². The fraction of sp³-hybridized carbons (Fsp3) is 0.278. The van der Waals surface area contributed by atoms with Crippen molar-refractivity contribution in [2.45, 2.75) is 17.7 Å². The van der Waals surface area contributed by atoms with Gasteiger partial charge in [-0.15, -0.1) is 0 Å². The molecule has 1 N–H and O–H groups in total. The van der Waals surface area contributed by atoms with E-state index in [2.05, 4.69) is 5.32 Å². The quantitative estimate of drug-likeness (QED) is 0.779. The van der Waals surface area contributed by atoms with Crippen LogP contribution in [0, 0.1) is 0 Å². The Kier molecular flexibility index (Phi) is 5.95. The fourth-order valence-corrected chi connectivity index (χ4v) is 5.00. The van der Waals surface area contributed by atoms with Crippen molar-refractivity contribution in [1.29, 1.82) is 0 Å². The molecule has 1 aliphatic heterocycles. The van der Waals surface area contributed by atoms with Gasteiger partial charge in [0.05, 0.1) is 17.6 Å². The molecule has 0 unspecified atom stereocenters. The van der Waals surface area contributed by atoms with Crippen molar-refractivity contribution in [3.63, 3.8) is 0 Å². The van der Waals surface area contributed by atoms with Gasteiger partial charge in [0.25, 0.3) is 5.91 Å². The zero-order valence-electron chi connectivity index (χ0n) is 14.5. The predicted molar refractivity (Wildman–Crippen MR) is 105 cm³/mol. The molecule has 0 atom stereocenters. The minimum absolute atomic E-state index is 0.0551. The summed E-state index contributed by atoms with van der Waals surface area (Å²) in [5, 5.41) is 3.41. The number of benzene rings is 2. The van der Waals surface area contributed by atoms with E-state index in [1.807, 2.05) is 0 Å². The van der Waals surface area contributed by atoms with Gasteiger partial charge in [0.1, 0.15) is 5.75 Å². The first-order valence-electron chi connectivity index (χ1n) is 8.27. The molecule has 6 nitrogen and oxygen atoms in total. The summed E-state index contributed by atoms with van der Waals surface area (Å²) in [6.45, 7) is 0.966. The maximum Gasteiger partial charge on any atom is 0.259 e. The first-order valence-corrected chi connectivity index (χ1v) is 10.5. The molecule has 0 aromatic heterocycles. The molecule has 27 heavy (non-hydrogen) atoms. The number of carbonyl (C=O) groups is 1. The molecule has 0 saturated carbocycles. The van der Waals surface area contributed by atoms with Gasteiger partial charge < -0.3 is 10.1 Å². The second-order valence-corrected chi connectivity index (χ2v) is 8.90. The van der Waals surface area contributed by atoms with E-state index in [4.69, 9.17) is 27.9 Å². The highest BCUT2D eigenvalue weighted by molar-refractivity contribution is 7.89. The van der Waals surface area contributed by atoms with Crippen LogP contribution in [0.25, 0.3) is 0 Å². The maximum atomic E-state index is 12.8. The highest BCUT2D eigenvalue weighted by Gasteiger charge is 2.28. The number of hydrogen-bond acceptors (Lipinski definition) is 4. The van der Waals surface area contributed by atoms with Crippen LogP contribution in [0.5, 0.6) is 5.75 Å². The van der Waals surface area contributed by atoms with Crippen LogP contribution in [-0.4, -0.2) is 38.8 Å². The van der Waals surface area contributed by atoms with Crippen LogP contribution >= 0.6 is 23.2 Å². The molecular formula is C18H18Cl2N2O4S. The molecule has 3 rings (SSSR count). The first kappa shape index (κ1) is 19.9. The normalized spacial score (nSPS) is 14.9. The zero-order chi connectivity index (χ0) is 19.6. The third-order valence-electron chi connectivity index (χ3n) is 4.24. The van der Waals surface area contributed by atoms with Crippen LogP contribution in [0.2, 0.25) is 10.0 Å². The fourth-order valence-electron chi connectivity index (χ4n) is 2.93. The molecule has 1 heterocycles. The number of rotatable bonds is 5. The summed E-state index contributed by atoms with van der Waals surface area (Å²) in [6, 6.07) is 8.88. The van der Waals surface area contributed by atoms with Gasteiger partial charge in [0, 0.05) is 28.8 Å². The summed E-state index contributed by atoms with van der Waals surface area (Å²) in [5.41, 5.74) is 0.501. The van der Waals surface area contributed by atoms with Crippen LogP contribution in [-0.2, 0) is 10.0 Å². The third-order valence-corrected chi connectivity index (χ3v) is 6.57. The largest absolute Gasteiger partial charge is 0.496 e. The van der Waals surface area contributed by atoms with Gasteiger partial charge in [0.2, 0.25) is 10.0 Å². The molecule has 0 aliphatic carbocycles. The molecule has 0 spiro atoms. The Morgan fingerprint density at radius 2 is 1.70 bits per heavy atom. The number of methoxy groups -OCH3 is 1. The number of anilines is 1. The highest BCUT2D eigenvalue weighted by atomic mass is 35.5. The van der Waals surface area contributed by atoms with Gasteiger partial charge in [-0.2, -0.15) is 4.31 Å². The molecule has 1 aliphatic rings. The van der Waals surface area contributed by atoms with Crippen LogP contribution in [0.1, 0.15) is 23.2 Å². The van der Waals surface area contributed by atoms with Crippen molar-refractivity contribution in [1.82, 2.24) is 4.31 Å². The van der Waals surface area contributed by atoms with Gasteiger partial charge in [-0.1, -0.05) is 23.2 Å². The van der Waals surface area contributed by atoms with E-state index in [-0.39, 0.29) is 16.2 Å². The van der Waals surface area contributed by atoms with E-state index < -0.39 is 15.9 Å². The van der Waals surface area contributed by atoms with E-state index in [0.29, 0.717) is 28.8 Å². The molecule has 1 amide bonds. The van der Waals surface area contributed by atoms with Gasteiger partial charge in [0.15, 0.2) is 0 Å². The molecule has 1 fully saturated rings. The van der Waals surface area contributed by atoms with Crippen molar-refractivity contribution in [2.75, 3.05) is 25.5 Å². The number of nitrogens with zero attached hydrogens (tertiary/aromatic N) is 1. The SMILES string of the molecule is COc1ccc(S(=O)(=O)N2CCCC2)cc1C(=O)Nc1cc(Cl)cc(Cl)c1. The summed E-state index contributed by atoms with van der Waals surface area (Å²) < 4.78 is 32.2. The first-order chi connectivity index (χ1) is 12.8. The standard InChI is InChI=1S/C18H18Cl2N2O4S/c1-26-17-5-4-15(27(24,25)22-6-2-3-7-22)11-16(17)18(23)21-14-9-12(19)8-13(20)10-14/h4-5,8-11H,2-3,6-7H2,1H3,(H,21,23). The Hall–Kier alpha value is -1.80. The van der Waals surface area contributed by atoms with Gasteiger partial charge in [-0.3, -0.25) is 4.79 Å². The summed E-state index contributed by atoms with van der Waals surface area (Å²) in [5.74, 6) is -0.260. The summed E-state index contributed by atoms with van der Waals surface area (Å²) in [6.07, 6.45) is 1.66. The molecule has 1 saturated heterocycles. The number of sulfonamides is 1. The van der Waals surface area contributed by atoms with Crippen molar-refractivity contribution >= 4 is 44.8 Å². The van der Waals surface area contributed by atoms with Gasteiger partial charge in [-0.05, 0) is 49.2 Å². The predicted octanol–water partition coefficient (Wildman–Crippen LogP) is 4.04. The third kappa shape index (κ3) is 4.38. The number of halogens is 2. The Balaban J connectivity index is 1.94. The van der Waals surface area contributed by atoms with Crippen LogP contribution in [0.4, 0.5) is 5.69 Å². The summed E-state index contributed by atoms with van der Waals surface area (Å²) >= 11 is 11.9. The van der Waals surface area contributed by atoms with Crippen molar-refractivity contribution in [3.05, 3.63) is 52.0 Å². The lowest BCUT2D eigenvalue weighted by Crippen LogP contribution is -2.28. The second-order valence-electron chi connectivity index (χ2n) is 6.09. The Labute approximate surface area is 168 Å². The number of carbonyl (C=O) groups excluding carboxylic acids is 1. The molecule has 144 valence electrons. The lowest BCUT2D eigenvalue weighted by molar-refractivity contribution is 0.102. The number of ether oxygens (including phenoxy) is 1. The zero-order valence-corrected chi connectivity index (χ0v) is 16.9. The molecule has 2 aromatic rings. The second kappa shape index (κ2) is 8.06. The van der Waals surface area contributed by atoms with Crippen LogP contribution in [0.15, 0.2) is 41.3 Å². The minimum atomic E-state index is -3.65. The highest BCUT2D eigenvalue weighted by Crippen LogP contribution is 2.28. The lowest BCUT2D eigenvalue weighted by atomic mass is 10.2. The average molecular weight is 429 g/mol. The number of hydrogen-bond donors (Lipinski definition) is 1. The van der Waals surface area contributed by atoms with E-state index in [0.717, 1.165) is 12.8 Å². The van der Waals surface area contributed by atoms with Crippen molar-refractivity contribution in [3.8, 4) is 5.75 Å². The van der Waals surface area contributed by atoms with Crippen molar-refractivity contribution in [2.24, 2.45) is 0 Å². The molecular weight excluding hydrogens is 411 g/mol. The molecule has 0 bridgehead atoms. The average Bonchev–Trinajstić information content (AvgIpc) is 3.15. The monoisotopic (exact) mass is 428 g/mol. The van der Waals surface area contributed by atoms with Gasteiger partial charge >= 0.3 is 0 Å². The Morgan fingerprint density at radius 1 is 1.07 bits per heavy atom. The molecule has 2 aromatic carbocycles. The number of amides is 1. The van der Waals surface area contributed by atoms with E-state index in [9.17, 15) is 13.2 Å². The summed E-state index contributed by atoms with van der Waals surface area (Å²) in [7, 11) is -2.24. The number of nitrogens with one attached hydrogen (secondary N) is 1. The van der Waals surface area contributed by atoms with Crippen LogP contribution < -0.4 is 10.1 Å². The lowest BCUT2D eigenvalue weighted by Gasteiger charge is -2.17. The summed E-state index contributed by atoms with van der Waals surface area (Å²) in [4.78, 5) is 12.8. The van der Waals surface area contributed by atoms with E-state index >= 15 is 0 Å². The smallest absolute Gasteiger partial charge is 0.259 e.